The van der Waals surface area contributed by atoms with Gasteiger partial charge in [0.1, 0.15) is 0 Å². The maximum absolute atomic E-state index is 12.6. The number of nitrogens with zero attached hydrogens (tertiary/aromatic N) is 2. The largest absolute Gasteiger partial charge is 0.339 e. The molecule has 0 radical (unpaired) electrons. The molecule has 1 atom stereocenters. The maximum Gasteiger partial charge on any atom is 0.255 e. The summed E-state index contributed by atoms with van der Waals surface area (Å²) in [6.45, 7) is 2.27. The number of likely N-dealkylation sites (tertiary alicyclic amines) is 1. The van der Waals surface area contributed by atoms with Crippen LogP contribution in [0.15, 0.2) is 24.3 Å². The molecule has 2 amide bonds. The van der Waals surface area contributed by atoms with Crippen molar-refractivity contribution in [3.63, 3.8) is 0 Å². The molecule has 20 heavy (non-hydrogen) atoms. The van der Waals surface area contributed by atoms with Crippen molar-refractivity contribution in [3.05, 3.63) is 29.8 Å². The molecule has 2 heterocycles. The molecule has 1 aromatic rings. The van der Waals surface area contributed by atoms with Gasteiger partial charge in [-0.25, -0.2) is 0 Å². The highest BCUT2D eigenvalue weighted by Gasteiger charge is 2.32. The Morgan fingerprint density at radius 1 is 1.20 bits per heavy atom. The molecule has 4 nitrogen and oxygen atoms in total. The molecule has 2 aliphatic rings. The van der Waals surface area contributed by atoms with E-state index < -0.39 is 0 Å². The Kier molecular flexibility index (Phi) is 3.78. The number of para-hydroxylation sites is 1. The van der Waals surface area contributed by atoms with E-state index in [0.717, 1.165) is 31.6 Å². The van der Waals surface area contributed by atoms with Gasteiger partial charge in [0, 0.05) is 30.9 Å². The first-order chi connectivity index (χ1) is 9.66. The molecule has 106 valence electrons. The smallest absolute Gasteiger partial charge is 0.255 e. The number of carbonyl (C=O) groups excluding carboxylic acids is 2. The number of hydrogen-bond donors (Lipinski definition) is 0. The van der Waals surface area contributed by atoms with E-state index in [0.29, 0.717) is 18.5 Å². The third-order valence-electron chi connectivity index (χ3n) is 3.90. The zero-order valence-electron chi connectivity index (χ0n) is 11.2. The van der Waals surface area contributed by atoms with Crippen LogP contribution in [0.5, 0.6) is 0 Å². The molecule has 3 rings (SSSR count). The molecule has 0 aliphatic carbocycles. The molecule has 1 unspecified atom stereocenters. The highest BCUT2D eigenvalue weighted by molar-refractivity contribution is 9.09. The second kappa shape index (κ2) is 5.56. The first-order valence-corrected chi connectivity index (χ1v) is 7.91. The third kappa shape index (κ3) is 2.46. The van der Waals surface area contributed by atoms with Gasteiger partial charge < -0.3 is 9.80 Å². The van der Waals surface area contributed by atoms with Crippen LogP contribution < -0.4 is 4.90 Å². The van der Waals surface area contributed by atoms with Gasteiger partial charge in [-0.3, -0.25) is 9.59 Å². The molecule has 0 N–H and O–H groups in total. The molecule has 5 heteroatoms. The molecule has 0 spiro atoms. The number of halogens is 1. The zero-order valence-corrected chi connectivity index (χ0v) is 12.8. The van der Waals surface area contributed by atoms with Crippen molar-refractivity contribution in [1.82, 2.24) is 4.90 Å². The average Bonchev–Trinajstić information content (AvgIpc) is 3.08. The third-order valence-corrected chi connectivity index (χ3v) is 4.51. The minimum atomic E-state index is 0.0453. The van der Waals surface area contributed by atoms with Gasteiger partial charge in [-0.1, -0.05) is 28.1 Å². The predicted octanol–water partition coefficient (Wildman–Crippen LogP) is 2.42. The van der Waals surface area contributed by atoms with Crippen LogP contribution in [-0.4, -0.2) is 41.2 Å². The minimum absolute atomic E-state index is 0.0453. The second-order valence-electron chi connectivity index (χ2n) is 5.32. The number of anilines is 1. The van der Waals surface area contributed by atoms with Gasteiger partial charge >= 0.3 is 0 Å². The first kappa shape index (κ1) is 13.6. The van der Waals surface area contributed by atoms with Crippen LogP contribution in [0.25, 0.3) is 0 Å². The van der Waals surface area contributed by atoms with E-state index in [1.54, 1.807) is 4.90 Å². The summed E-state index contributed by atoms with van der Waals surface area (Å²) in [4.78, 5) is 28.4. The van der Waals surface area contributed by atoms with Crippen LogP contribution in [0.3, 0.4) is 0 Å². The Hall–Kier alpha value is -1.36. The normalized spacial score (nSPS) is 22.6. The number of alkyl halides is 1. The van der Waals surface area contributed by atoms with Crippen molar-refractivity contribution in [2.45, 2.75) is 24.1 Å². The lowest BCUT2D eigenvalue weighted by Gasteiger charge is -2.22. The molecular weight excluding hydrogens is 320 g/mol. The molecule has 2 aliphatic heterocycles. The van der Waals surface area contributed by atoms with Crippen LogP contribution in [0.2, 0.25) is 0 Å². The lowest BCUT2D eigenvalue weighted by atomic mass is 10.1. The van der Waals surface area contributed by atoms with Gasteiger partial charge in [-0.2, -0.15) is 0 Å². The van der Waals surface area contributed by atoms with E-state index >= 15 is 0 Å². The fourth-order valence-corrected chi connectivity index (χ4v) is 3.44. The Morgan fingerprint density at radius 3 is 2.55 bits per heavy atom. The van der Waals surface area contributed by atoms with Crippen LogP contribution in [-0.2, 0) is 4.79 Å². The molecule has 2 saturated heterocycles. The fourth-order valence-electron chi connectivity index (χ4n) is 2.88. The Labute approximate surface area is 126 Å². The van der Waals surface area contributed by atoms with E-state index in [-0.39, 0.29) is 16.6 Å². The molecule has 0 aromatic heterocycles. The van der Waals surface area contributed by atoms with E-state index in [2.05, 4.69) is 15.9 Å². The predicted molar refractivity (Wildman–Crippen MR) is 81.3 cm³/mol. The highest BCUT2D eigenvalue weighted by Crippen LogP contribution is 2.29. The Morgan fingerprint density at radius 2 is 1.90 bits per heavy atom. The summed E-state index contributed by atoms with van der Waals surface area (Å²) in [6.07, 6.45) is 2.63. The Balaban J connectivity index is 1.92. The van der Waals surface area contributed by atoms with Gasteiger partial charge in [0.2, 0.25) is 5.91 Å². The topological polar surface area (TPSA) is 40.6 Å². The monoisotopic (exact) mass is 336 g/mol. The SMILES string of the molecule is O=C(c1ccccc1N1CC(Br)CC1=O)N1CCCC1. The van der Waals surface area contributed by atoms with Crippen LogP contribution in [0, 0.1) is 0 Å². The quantitative estimate of drug-likeness (QED) is 0.778. The molecule has 0 bridgehead atoms. The molecular formula is C15H17BrN2O2. The lowest BCUT2D eigenvalue weighted by Crippen LogP contribution is -2.31. The van der Waals surface area contributed by atoms with E-state index in [4.69, 9.17) is 0 Å². The molecule has 0 saturated carbocycles. The van der Waals surface area contributed by atoms with Crippen molar-refractivity contribution < 1.29 is 9.59 Å². The summed E-state index contributed by atoms with van der Waals surface area (Å²) < 4.78 is 0. The summed E-state index contributed by atoms with van der Waals surface area (Å²) in [5.74, 6) is 0.123. The maximum atomic E-state index is 12.6. The number of amides is 2. The number of hydrogen-bond acceptors (Lipinski definition) is 2. The van der Waals surface area contributed by atoms with Crippen molar-refractivity contribution in [2.24, 2.45) is 0 Å². The van der Waals surface area contributed by atoms with Crippen molar-refractivity contribution in [3.8, 4) is 0 Å². The van der Waals surface area contributed by atoms with Crippen molar-refractivity contribution in [2.75, 3.05) is 24.5 Å². The average molecular weight is 337 g/mol. The first-order valence-electron chi connectivity index (χ1n) is 6.99. The molecule has 2 fully saturated rings. The van der Waals surface area contributed by atoms with Gasteiger partial charge in [0.25, 0.3) is 5.91 Å². The number of benzene rings is 1. The zero-order chi connectivity index (χ0) is 14.1. The van der Waals surface area contributed by atoms with Gasteiger partial charge in [-0.15, -0.1) is 0 Å². The summed E-state index contributed by atoms with van der Waals surface area (Å²) in [5, 5.41) is 0. The van der Waals surface area contributed by atoms with Crippen molar-refractivity contribution in [1.29, 1.82) is 0 Å². The van der Waals surface area contributed by atoms with E-state index in [1.807, 2.05) is 29.2 Å². The van der Waals surface area contributed by atoms with Crippen LogP contribution in [0.1, 0.15) is 29.6 Å². The minimum Gasteiger partial charge on any atom is -0.339 e. The fraction of sp³-hybridized carbons (Fsp3) is 0.467. The summed E-state index contributed by atoms with van der Waals surface area (Å²) >= 11 is 3.49. The molecule has 1 aromatic carbocycles. The highest BCUT2D eigenvalue weighted by atomic mass is 79.9. The summed E-state index contributed by atoms with van der Waals surface area (Å²) in [6, 6.07) is 7.43. The van der Waals surface area contributed by atoms with Crippen LogP contribution >= 0.6 is 15.9 Å². The van der Waals surface area contributed by atoms with Gasteiger partial charge in [-0.05, 0) is 25.0 Å². The summed E-state index contributed by atoms with van der Waals surface area (Å²) in [7, 11) is 0. The summed E-state index contributed by atoms with van der Waals surface area (Å²) in [5.41, 5.74) is 1.39. The Bertz CT molecular complexity index is 540. The number of carbonyl (C=O) groups is 2. The van der Waals surface area contributed by atoms with Gasteiger partial charge in [0.05, 0.1) is 11.3 Å². The van der Waals surface area contributed by atoms with Crippen LogP contribution in [0.4, 0.5) is 5.69 Å². The van der Waals surface area contributed by atoms with Crippen molar-refractivity contribution >= 4 is 33.4 Å². The second-order valence-corrected chi connectivity index (χ2v) is 6.62. The number of rotatable bonds is 2. The standard InChI is InChI=1S/C15H17BrN2O2/c16-11-9-14(19)18(10-11)13-6-2-1-5-12(13)15(20)17-7-3-4-8-17/h1-2,5-6,11H,3-4,7-10H2. The van der Waals surface area contributed by atoms with Gasteiger partial charge in [0.15, 0.2) is 0 Å². The van der Waals surface area contributed by atoms with E-state index in [9.17, 15) is 9.59 Å². The lowest BCUT2D eigenvalue weighted by molar-refractivity contribution is -0.117. The van der Waals surface area contributed by atoms with E-state index in [1.165, 1.54) is 0 Å².